The molecule has 291 valence electrons. The van der Waals surface area contributed by atoms with E-state index in [1.807, 2.05) is 0 Å². The fourth-order valence-corrected chi connectivity index (χ4v) is 16.0. The Morgan fingerprint density at radius 3 is 0.596 bits per heavy atom. The SMILES string of the molecule is Brc1c(Br)c(Br)c2c(c1Br)-c1nc-2nc2[n-]c(nc3nc(nc4[n-]c(n1)c1c(Br)c(Br)c(Br)c(Br)c41)-c1c(Br)c(Br)c(Br)c(Br)c1-3)c1c(Br)c(Br)c(Br)c(Br)c21.[Cu+2]. The number of hydrogen-bond acceptors (Lipinski definition) is 6. The molecule has 8 bridgehead atoms. The molecule has 0 atom stereocenters. The molecule has 2 aliphatic rings. The Balaban J connectivity index is 0.00000455. The molecule has 0 saturated carbocycles. The number of halogens is 16. The van der Waals surface area contributed by atoms with Crippen LogP contribution in [0.25, 0.3) is 89.7 Å². The smallest absolute Gasteiger partial charge is 0.357 e. The summed E-state index contributed by atoms with van der Waals surface area (Å²) in [5.41, 5.74) is 4.12. The maximum Gasteiger partial charge on any atom is 2.00 e. The second-order valence-electron chi connectivity index (χ2n) is 11.5. The van der Waals surface area contributed by atoms with Crippen LogP contribution in [-0.2, 0) is 17.1 Å². The van der Waals surface area contributed by atoms with Gasteiger partial charge in [-0.15, -0.1) is 0 Å². The van der Waals surface area contributed by atoms with E-state index in [9.17, 15) is 0 Å². The fourth-order valence-electron chi connectivity index (χ4n) is 6.10. The third kappa shape index (κ3) is 7.05. The topological polar surface area (TPSA) is 106 Å². The molecular weight excluding hydrogens is 1840 g/mol. The molecule has 0 saturated heterocycles. The zero-order valence-corrected chi connectivity index (χ0v) is 52.2. The van der Waals surface area contributed by atoms with Crippen molar-refractivity contribution < 1.29 is 17.1 Å². The van der Waals surface area contributed by atoms with Crippen molar-refractivity contribution >= 4 is 299 Å². The molecule has 5 heterocycles. The minimum atomic E-state index is 0. The Morgan fingerprint density at radius 1 is 0.228 bits per heavy atom. The van der Waals surface area contributed by atoms with Gasteiger partial charge in [0.25, 0.3) is 0 Å². The molecule has 0 N–H and O–H groups in total. The van der Waals surface area contributed by atoms with E-state index in [0.29, 0.717) is 125 Å². The van der Waals surface area contributed by atoms with Gasteiger partial charge in [0.1, 0.15) is 0 Å². The van der Waals surface area contributed by atoms with Gasteiger partial charge in [0, 0.05) is 138 Å². The molecule has 0 unspecified atom stereocenters. The van der Waals surface area contributed by atoms with E-state index < -0.39 is 0 Å². The van der Waals surface area contributed by atoms with Crippen LogP contribution in [0.3, 0.4) is 0 Å². The van der Waals surface area contributed by atoms with Crippen molar-refractivity contribution in [3.63, 3.8) is 0 Å². The van der Waals surface area contributed by atoms with E-state index in [2.05, 4.69) is 255 Å². The molecule has 25 heteroatoms. The summed E-state index contributed by atoms with van der Waals surface area (Å²) in [4.78, 5) is 41.0. The van der Waals surface area contributed by atoms with Crippen LogP contribution >= 0.6 is 255 Å². The zero-order chi connectivity index (χ0) is 40.1. The zero-order valence-electron chi connectivity index (χ0n) is 25.9. The van der Waals surface area contributed by atoms with Crippen LogP contribution < -0.4 is 9.97 Å². The first-order valence-electron chi connectivity index (χ1n) is 14.6. The number of nitrogens with zero attached hydrogens (tertiary/aromatic N) is 8. The Hall–Kier alpha value is 2.44. The van der Waals surface area contributed by atoms with Crippen LogP contribution in [0, 0.1) is 0 Å². The van der Waals surface area contributed by atoms with Gasteiger partial charge < -0.3 is 29.9 Å². The summed E-state index contributed by atoms with van der Waals surface area (Å²) < 4.78 is 11.7. The van der Waals surface area contributed by atoms with Crippen molar-refractivity contribution in [1.29, 1.82) is 0 Å². The van der Waals surface area contributed by atoms with Crippen molar-refractivity contribution in [3.05, 3.63) is 71.6 Å². The van der Waals surface area contributed by atoms with Crippen LogP contribution in [0.15, 0.2) is 71.6 Å². The maximum absolute atomic E-state index is 5.17. The molecule has 3 aromatic heterocycles. The van der Waals surface area contributed by atoms with Crippen LogP contribution in [0.2, 0.25) is 0 Å². The van der Waals surface area contributed by atoms with E-state index in [0.717, 1.165) is 35.8 Å². The van der Waals surface area contributed by atoms with Gasteiger partial charge in [-0.1, -0.05) is 0 Å². The third-order valence-corrected chi connectivity index (χ3v) is 27.6. The number of hydrogen-bond donors (Lipinski definition) is 0. The first-order chi connectivity index (χ1) is 26.4. The van der Waals surface area contributed by atoms with Crippen molar-refractivity contribution in [2.75, 3.05) is 0 Å². The average Bonchev–Trinajstić information content (AvgIpc) is 3.92. The Labute approximate surface area is 465 Å². The standard InChI is InChI=1S/C32Br16N8.Cu/c33-9-1-2(10(34)18(42)17(9)41)26-49-25(1)53-27-3-4(12(36)20(44)19(43)11(3)35)29(50-27)55-31-7-8(16(40)24(48)23(47)15(7)39)32(52-31)56-30-6-5(28(51-30)54-26)13(37)21(45)22(46)14(6)38;/q-2;+2. The second-order valence-corrected chi connectivity index (χ2v) is 24.2. The molecule has 2 aliphatic heterocycles. The predicted octanol–water partition coefficient (Wildman–Crippen LogP) is 18.3. The molecule has 8 nitrogen and oxygen atoms in total. The minimum absolute atomic E-state index is 0. The Bertz CT molecular complexity index is 2820. The molecule has 0 amide bonds. The molecule has 0 fully saturated rings. The van der Waals surface area contributed by atoms with E-state index >= 15 is 0 Å². The summed E-state index contributed by atoms with van der Waals surface area (Å²) in [6, 6.07) is 0. The number of aromatic nitrogens is 8. The molecule has 9 rings (SSSR count). The van der Waals surface area contributed by atoms with Gasteiger partial charge in [-0.2, -0.15) is 0 Å². The van der Waals surface area contributed by atoms with Gasteiger partial charge in [0.05, 0.1) is 23.3 Å². The van der Waals surface area contributed by atoms with Gasteiger partial charge >= 0.3 is 17.1 Å². The summed E-state index contributed by atoms with van der Waals surface area (Å²) in [5, 5.41) is 2.72. The maximum atomic E-state index is 5.17. The average molecular weight is 1840 g/mol. The van der Waals surface area contributed by atoms with Gasteiger partial charge in [0.2, 0.25) is 0 Å². The third-order valence-electron chi connectivity index (χ3n) is 8.55. The van der Waals surface area contributed by atoms with Gasteiger partial charge in [-0.25, -0.2) is 9.97 Å². The molecular formula is C32Br16CuN8. The number of benzene rings is 4. The molecule has 57 heavy (non-hydrogen) atoms. The summed E-state index contributed by atoms with van der Waals surface area (Å²) in [6.07, 6.45) is 0. The van der Waals surface area contributed by atoms with E-state index in [-0.39, 0.29) is 17.1 Å². The Kier molecular flexibility index (Phi) is 13.7. The molecule has 0 spiro atoms. The Morgan fingerprint density at radius 2 is 0.404 bits per heavy atom. The van der Waals surface area contributed by atoms with E-state index in [1.54, 1.807) is 0 Å². The molecule has 4 aromatic carbocycles. The summed E-state index contributed by atoms with van der Waals surface area (Å²) in [7, 11) is 0. The summed E-state index contributed by atoms with van der Waals surface area (Å²) in [6.45, 7) is 0. The first-order valence-corrected chi connectivity index (χ1v) is 27.3. The normalized spacial score (nSPS) is 12.1. The van der Waals surface area contributed by atoms with Crippen LogP contribution in [0.1, 0.15) is 0 Å². The fraction of sp³-hybridized carbons (Fsp3) is 0. The molecule has 0 aliphatic carbocycles. The van der Waals surface area contributed by atoms with Gasteiger partial charge in [-0.05, 0) is 255 Å². The number of fused-ring (bicyclic) bond motifs is 20. The summed E-state index contributed by atoms with van der Waals surface area (Å²) in [5.74, 6) is 1.40. The monoisotopic (exact) mass is 1820 g/mol. The number of rotatable bonds is 0. The van der Waals surface area contributed by atoms with E-state index in [4.69, 9.17) is 39.9 Å². The second kappa shape index (κ2) is 17.0. The van der Waals surface area contributed by atoms with Gasteiger partial charge in [0.15, 0.2) is 0 Å². The van der Waals surface area contributed by atoms with Crippen molar-refractivity contribution in [2.45, 2.75) is 0 Å². The predicted molar refractivity (Wildman–Crippen MR) is 277 cm³/mol. The van der Waals surface area contributed by atoms with Crippen molar-refractivity contribution in [2.24, 2.45) is 0 Å². The largest absolute Gasteiger partial charge is 2.00 e. The first kappa shape index (κ1) is 46.0. The van der Waals surface area contributed by atoms with Crippen molar-refractivity contribution in [3.8, 4) is 45.6 Å². The van der Waals surface area contributed by atoms with E-state index in [1.165, 1.54) is 0 Å². The minimum Gasteiger partial charge on any atom is -0.357 e. The molecule has 1 radical (unpaired) electrons. The van der Waals surface area contributed by atoms with Crippen LogP contribution in [0.5, 0.6) is 0 Å². The van der Waals surface area contributed by atoms with Crippen molar-refractivity contribution in [1.82, 2.24) is 39.9 Å². The van der Waals surface area contributed by atoms with Crippen LogP contribution in [0.4, 0.5) is 0 Å². The molecule has 7 aromatic rings. The van der Waals surface area contributed by atoms with Crippen LogP contribution in [-0.4, -0.2) is 29.9 Å². The quantitative estimate of drug-likeness (QED) is 0.0840. The van der Waals surface area contributed by atoms with Gasteiger partial charge in [-0.3, -0.25) is 0 Å². The summed E-state index contributed by atoms with van der Waals surface area (Å²) >= 11 is 60.4.